The Labute approximate surface area is 203 Å². The summed E-state index contributed by atoms with van der Waals surface area (Å²) in [5.74, 6) is 0.264. The molecule has 2 aromatic carbocycles. The SMILES string of the molecule is Cc1ccc2c(c1)CCn1nc(-c3ccc(C(=O)Nc4cccc(C)n4)c(C)c3)c(C(N)=O)c1N2. The van der Waals surface area contributed by atoms with Gasteiger partial charge in [0, 0.05) is 29.1 Å². The Hall–Kier alpha value is -4.46. The Kier molecular flexibility index (Phi) is 5.56. The lowest BCUT2D eigenvalue weighted by Crippen LogP contribution is -2.15. The summed E-state index contributed by atoms with van der Waals surface area (Å²) in [5, 5.41) is 11.0. The van der Waals surface area contributed by atoms with Gasteiger partial charge in [-0.3, -0.25) is 9.59 Å². The summed E-state index contributed by atoms with van der Waals surface area (Å²) in [6.45, 7) is 6.39. The first-order chi connectivity index (χ1) is 16.8. The van der Waals surface area contributed by atoms with E-state index in [1.807, 2.05) is 44.2 Å². The van der Waals surface area contributed by atoms with E-state index in [4.69, 9.17) is 10.8 Å². The predicted octanol–water partition coefficient (Wildman–Crippen LogP) is 4.52. The minimum atomic E-state index is -0.561. The Balaban J connectivity index is 1.49. The fourth-order valence-electron chi connectivity index (χ4n) is 4.45. The number of nitrogens with one attached hydrogen (secondary N) is 2. The van der Waals surface area contributed by atoms with E-state index in [9.17, 15) is 9.59 Å². The van der Waals surface area contributed by atoms with Gasteiger partial charge >= 0.3 is 0 Å². The number of carbonyl (C=O) groups is 2. The zero-order valence-electron chi connectivity index (χ0n) is 19.8. The smallest absolute Gasteiger partial charge is 0.257 e. The van der Waals surface area contributed by atoms with Crippen LogP contribution in [0, 0.1) is 20.8 Å². The van der Waals surface area contributed by atoms with Crippen LogP contribution in [0.1, 0.15) is 43.1 Å². The summed E-state index contributed by atoms with van der Waals surface area (Å²) in [7, 11) is 0. The number of aromatic nitrogens is 3. The van der Waals surface area contributed by atoms with Crippen LogP contribution in [0.3, 0.4) is 0 Å². The molecular weight excluding hydrogens is 440 g/mol. The summed E-state index contributed by atoms with van der Waals surface area (Å²) in [4.78, 5) is 29.7. The Morgan fingerprint density at radius 3 is 2.63 bits per heavy atom. The van der Waals surface area contributed by atoms with Crippen LogP contribution in [0.2, 0.25) is 0 Å². The number of carbonyl (C=O) groups excluding carboxylic acids is 2. The number of rotatable bonds is 4. The topological polar surface area (TPSA) is 115 Å². The maximum Gasteiger partial charge on any atom is 0.257 e. The molecule has 0 aliphatic carbocycles. The normalized spacial score (nSPS) is 12.2. The van der Waals surface area contributed by atoms with Crippen molar-refractivity contribution in [2.24, 2.45) is 5.73 Å². The molecule has 1 aliphatic rings. The molecule has 0 bridgehead atoms. The second kappa shape index (κ2) is 8.72. The molecule has 0 atom stereocenters. The minimum Gasteiger partial charge on any atom is -0.365 e. The molecule has 0 saturated carbocycles. The number of amides is 2. The van der Waals surface area contributed by atoms with Gasteiger partial charge in [0.05, 0.1) is 0 Å². The van der Waals surface area contributed by atoms with Crippen molar-refractivity contribution in [1.29, 1.82) is 0 Å². The molecule has 0 radical (unpaired) electrons. The van der Waals surface area contributed by atoms with Crippen LogP contribution < -0.4 is 16.4 Å². The van der Waals surface area contributed by atoms with Crippen LogP contribution in [0.15, 0.2) is 54.6 Å². The molecule has 3 heterocycles. The predicted molar refractivity (Wildman–Crippen MR) is 136 cm³/mol. The standard InChI is InChI=1S/C27H26N6O2/c1-15-7-10-21-18(13-15)11-12-33-26(30-21)23(25(28)34)24(32-33)19-8-9-20(16(2)14-19)27(35)31-22-6-4-5-17(3)29-22/h4-10,13-14,30H,11-12H2,1-3H3,(H2,28,34)(H,29,31,35). The summed E-state index contributed by atoms with van der Waals surface area (Å²) < 4.78 is 1.80. The molecule has 1 aliphatic heterocycles. The summed E-state index contributed by atoms with van der Waals surface area (Å²) in [6, 6.07) is 17.0. The molecule has 0 fully saturated rings. The summed E-state index contributed by atoms with van der Waals surface area (Å²) >= 11 is 0. The lowest BCUT2D eigenvalue weighted by molar-refractivity contribution is 0.0998. The number of hydrogen-bond donors (Lipinski definition) is 3. The second-order valence-electron chi connectivity index (χ2n) is 8.84. The molecule has 2 amide bonds. The molecule has 0 saturated heterocycles. The third-order valence-electron chi connectivity index (χ3n) is 6.18. The summed E-state index contributed by atoms with van der Waals surface area (Å²) in [6.07, 6.45) is 0.779. The van der Waals surface area contributed by atoms with Crippen molar-refractivity contribution >= 4 is 29.1 Å². The maximum atomic E-state index is 12.9. The van der Waals surface area contributed by atoms with E-state index in [0.29, 0.717) is 40.6 Å². The number of benzene rings is 2. The minimum absolute atomic E-state index is 0.253. The van der Waals surface area contributed by atoms with E-state index in [1.54, 1.807) is 22.9 Å². The van der Waals surface area contributed by atoms with E-state index in [2.05, 4.69) is 28.6 Å². The van der Waals surface area contributed by atoms with Gasteiger partial charge in [-0.25, -0.2) is 9.67 Å². The van der Waals surface area contributed by atoms with Gasteiger partial charge in [0.1, 0.15) is 22.9 Å². The lowest BCUT2D eigenvalue weighted by Gasteiger charge is -2.11. The maximum absolute atomic E-state index is 12.9. The van der Waals surface area contributed by atoms with Crippen molar-refractivity contribution in [3.63, 3.8) is 0 Å². The van der Waals surface area contributed by atoms with Crippen LogP contribution in [-0.4, -0.2) is 26.6 Å². The van der Waals surface area contributed by atoms with Crippen molar-refractivity contribution < 1.29 is 9.59 Å². The number of primary amides is 1. The largest absolute Gasteiger partial charge is 0.365 e. The molecule has 35 heavy (non-hydrogen) atoms. The Bertz CT molecular complexity index is 1490. The van der Waals surface area contributed by atoms with Gasteiger partial charge in [-0.1, -0.05) is 29.8 Å². The van der Waals surface area contributed by atoms with Crippen LogP contribution in [0.5, 0.6) is 0 Å². The van der Waals surface area contributed by atoms with Gasteiger partial charge in [0.15, 0.2) is 0 Å². The van der Waals surface area contributed by atoms with Crippen molar-refractivity contribution in [2.45, 2.75) is 33.7 Å². The van der Waals surface area contributed by atoms with Gasteiger partial charge in [0.2, 0.25) is 0 Å². The van der Waals surface area contributed by atoms with Gasteiger partial charge < -0.3 is 16.4 Å². The zero-order chi connectivity index (χ0) is 24.7. The second-order valence-corrected chi connectivity index (χ2v) is 8.84. The van der Waals surface area contributed by atoms with Gasteiger partial charge in [0.25, 0.3) is 11.8 Å². The van der Waals surface area contributed by atoms with Crippen molar-refractivity contribution in [3.05, 3.63) is 88.1 Å². The highest BCUT2D eigenvalue weighted by Gasteiger charge is 2.26. The highest BCUT2D eigenvalue weighted by Crippen LogP contribution is 2.35. The van der Waals surface area contributed by atoms with E-state index in [1.165, 1.54) is 11.1 Å². The van der Waals surface area contributed by atoms with E-state index >= 15 is 0 Å². The molecule has 4 aromatic rings. The zero-order valence-corrected chi connectivity index (χ0v) is 19.8. The lowest BCUT2D eigenvalue weighted by atomic mass is 10.00. The van der Waals surface area contributed by atoms with Crippen LogP contribution in [-0.2, 0) is 13.0 Å². The van der Waals surface area contributed by atoms with Crippen molar-refractivity contribution in [3.8, 4) is 11.3 Å². The van der Waals surface area contributed by atoms with Crippen LogP contribution >= 0.6 is 0 Å². The first-order valence-corrected chi connectivity index (χ1v) is 11.4. The quantitative estimate of drug-likeness (QED) is 0.409. The number of nitrogens with zero attached hydrogens (tertiary/aromatic N) is 3. The van der Waals surface area contributed by atoms with Gasteiger partial charge in [-0.05, 0) is 68.7 Å². The van der Waals surface area contributed by atoms with E-state index in [0.717, 1.165) is 23.4 Å². The molecule has 0 spiro atoms. The molecular formula is C27H26N6O2. The molecule has 8 nitrogen and oxygen atoms in total. The highest BCUT2D eigenvalue weighted by molar-refractivity contribution is 6.06. The third-order valence-corrected chi connectivity index (χ3v) is 6.18. The van der Waals surface area contributed by atoms with E-state index in [-0.39, 0.29) is 5.91 Å². The Morgan fingerprint density at radius 2 is 1.89 bits per heavy atom. The van der Waals surface area contributed by atoms with Crippen molar-refractivity contribution in [1.82, 2.24) is 14.8 Å². The number of anilines is 3. The monoisotopic (exact) mass is 466 g/mol. The molecule has 176 valence electrons. The first-order valence-electron chi connectivity index (χ1n) is 11.4. The Morgan fingerprint density at radius 1 is 1.06 bits per heavy atom. The molecule has 0 unspecified atom stereocenters. The fraction of sp³-hybridized carbons (Fsp3) is 0.185. The number of hydrogen-bond acceptors (Lipinski definition) is 5. The summed E-state index contributed by atoms with van der Waals surface area (Å²) in [5.41, 5.74) is 12.7. The molecule has 4 N–H and O–H groups in total. The van der Waals surface area contributed by atoms with Gasteiger partial charge in [-0.15, -0.1) is 0 Å². The van der Waals surface area contributed by atoms with Crippen LogP contribution in [0.25, 0.3) is 11.3 Å². The number of fused-ring (bicyclic) bond motifs is 2. The average molecular weight is 467 g/mol. The first kappa shape index (κ1) is 22.3. The van der Waals surface area contributed by atoms with Crippen molar-refractivity contribution in [2.75, 3.05) is 10.6 Å². The molecule has 5 rings (SSSR count). The third kappa shape index (κ3) is 4.26. The van der Waals surface area contributed by atoms with Gasteiger partial charge in [-0.2, -0.15) is 5.10 Å². The molecule has 8 heteroatoms. The number of aryl methyl sites for hydroxylation is 5. The number of nitrogens with two attached hydrogens (primary N) is 1. The average Bonchev–Trinajstić information content (AvgIpc) is 3.08. The highest BCUT2D eigenvalue weighted by atomic mass is 16.2. The fourth-order valence-corrected chi connectivity index (χ4v) is 4.45. The molecule has 2 aromatic heterocycles. The van der Waals surface area contributed by atoms with Crippen LogP contribution in [0.4, 0.5) is 17.3 Å². The number of pyridine rings is 1. The van der Waals surface area contributed by atoms with E-state index < -0.39 is 5.91 Å².